The van der Waals surface area contributed by atoms with E-state index in [4.69, 9.17) is 14.7 Å². The first-order valence-corrected chi connectivity index (χ1v) is 7.84. The van der Waals surface area contributed by atoms with Crippen LogP contribution in [-0.2, 0) is 4.79 Å². The summed E-state index contributed by atoms with van der Waals surface area (Å²) in [6, 6.07) is 22.0. The molecule has 0 saturated heterocycles. The molecule has 4 nitrogen and oxygen atoms in total. The third-order valence-electron chi connectivity index (χ3n) is 3.62. The van der Waals surface area contributed by atoms with Gasteiger partial charge in [-0.2, -0.15) is 5.26 Å². The van der Waals surface area contributed by atoms with Gasteiger partial charge in [-0.05, 0) is 47.5 Å². The lowest BCUT2D eigenvalue weighted by Crippen LogP contribution is -2.18. The maximum Gasteiger partial charge on any atom is 0.349 e. The Hall–Kier alpha value is -3.65. The Labute approximate surface area is 150 Å². The molecule has 5 heteroatoms. The Morgan fingerprint density at radius 2 is 1.54 bits per heavy atom. The monoisotopic (exact) mass is 347 g/mol. The summed E-state index contributed by atoms with van der Waals surface area (Å²) >= 11 is 0. The highest BCUT2D eigenvalue weighted by molar-refractivity contribution is 5.74. The molecule has 0 saturated carbocycles. The highest BCUT2D eigenvalue weighted by Gasteiger charge is 2.09. The van der Waals surface area contributed by atoms with E-state index in [2.05, 4.69) is 6.07 Å². The fourth-order valence-corrected chi connectivity index (χ4v) is 2.31. The standard InChI is InChI=1S/C21H14FNO3/c22-19-3-1-2-4-20(19)25-14-21(24)26-18-11-9-17(10-12-18)16-7-5-15(13-23)6-8-16/h1-12H,14H2. The van der Waals surface area contributed by atoms with Gasteiger partial charge in [-0.15, -0.1) is 0 Å². The SMILES string of the molecule is N#Cc1ccc(-c2ccc(OC(=O)COc3ccccc3F)cc2)cc1. The Bertz CT molecular complexity index is 944. The van der Waals surface area contributed by atoms with Gasteiger partial charge in [-0.25, -0.2) is 9.18 Å². The molecule has 0 aromatic heterocycles. The van der Waals surface area contributed by atoms with E-state index in [1.165, 1.54) is 18.2 Å². The Kier molecular flexibility index (Phi) is 5.25. The van der Waals surface area contributed by atoms with Gasteiger partial charge in [0.1, 0.15) is 5.75 Å². The Balaban J connectivity index is 1.59. The number of benzene rings is 3. The van der Waals surface area contributed by atoms with Crippen LogP contribution >= 0.6 is 0 Å². The molecule has 0 atom stereocenters. The van der Waals surface area contributed by atoms with Gasteiger partial charge >= 0.3 is 5.97 Å². The van der Waals surface area contributed by atoms with Gasteiger partial charge in [0, 0.05) is 0 Å². The van der Waals surface area contributed by atoms with E-state index in [9.17, 15) is 9.18 Å². The summed E-state index contributed by atoms with van der Waals surface area (Å²) in [4.78, 5) is 11.8. The molecule has 0 fully saturated rings. The number of hydrogen-bond acceptors (Lipinski definition) is 4. The van der Waals surface area contributed by atoms with Crippen molar-refractivity contribution in [3.05, 3.63) is 84.2 Å². The number of nitriles is 1. The number of carbonyl (C=O) groups is 1. The lowest BCUT2D eigenvalue weighted by Gasteiger charge is -2.08. The molecule has 0 N–H and O–H groups in total. The van der Waals surface area contributed by atoms with Crippen LogP contribution in [0.4, 0.5) is 4.39 Å². The molecule has 0 unspecified atom stereocenters. The molecule has 3 rings (SSSR count). The zero-order valence-electron chi connectivity index (χ0n) is 13.7. The van der Waals surface area contributed by atoms with E-state index >= 15 is 0 Å². The molecule has 0 spiro atoms. The van der Waals surface area contributed by atoms with Gasteiger partial charge in [-0.3, -0.25) is 0 Å². The summed E-state index contributed by atoms with van der Waals surface area (Å²) in [5.74, 6) is -0.795. The maximum atomic E-state index is 13.4. The molecule has 128 valence electrons. The fourth-order valence-electron chi connectivity index (χ4n) is 2.31. The van der Waals surface area contributed by atoms with Crippen molar-refractivity contribution < 1.29 is 18.7 Å². The quantitative estimate of drug-likeness (QED) is 0.509. The van der Waals surface area contributed by atoms with Crippen molar-refractivity contribution >= 4 is 5.97 Å². The molecule has 3 aromatic carbocycles. The van der Waals surface area contributed by atoms with Crippen LogP contribution < -0.4 is 9.47 Å². The van der Waals surface area contributed by atoms with Crippen molar-refractivity contribution in [1.29, 1.82) is 5.26 Å². The second-order valence-electron chi connectivity index (χ2n) is 5.41. The van der Waals surface area contributed by atoms with E-state index in [0.717, 1.165) is 11.1 Å². The number of halogens is 1. The average Bonchev–Trinajstić information content (AvgIpc) is 2.68. The number of nitrogens with zero attached hydrogens (tertiary/aromatic N) is 1. The first-order valence-electron chi connectivity index (χ1n) is 7.84. The molecular formula is C21H14FNO3. The molecule has 0 heterocycles. The number of carbonyl (C=O) groups excluding carboxylic acids is 1. The van der Waals surface area contributed by atoms with E-state index in [0.29, 0.717) is 11.3 Å². The third kappa shape index (κ3) is 4.25. The summed E-state index contributed by atoms with van der Waals surface area (Å²) in [7, 11) is 0. The second-order valence-corrected chi connectivity index (χ2v) is 5.41. The van der Waals surface area contributed by atoms with Crippen LogP contribution in [-0.4, -0.2) is 12.6 Å². The van der Waals surface area contributed by atoms with Gasteiger partial charge in [0.15, 0.2) is 18.2 Å². The molecule has 0 amide bonds. The van der Waals surface area contributed by atoms with Crippen LogP contribution in [0.25, 0.3) is 11.1 Å². The van der Waals surface area contributed by atoms with Gasteiger partial charge in [-0.1, -0.05) is 36.4 Å². The lowest BCUT2D eigenvalue weighted by atomic mass is 10.0. The first kappa shape index (κ1) is 17.2. The van der Waals surface area contributed by atoms with Crippen LogP contribution in [0.15, 0.2) is 72.8 Å². The zero-order chi connectivity index (χ0) is 18.4. The summed E-state index contributed by atoms with van der Waals surface area (Å²) in [6.07, 6.45) is 0. The number of para-hydroxylation sites is 1. The number of hydrogen-bond donors (Lipinski definition) is 0. The predicted molar refractivity (Wildman–Crippen MR) is 94.1 cm³/mol. The molecule has 0 aliphatic carbocycles. The lowest BCUT2D eigenvalue weighted by molar-refractivity contribution is -0.136. The second kappa shape index (κ2) is 7.95. The number of ether oxygens (including phenoxy) is 2. The summed E-state index contributed by atoms with van der Waals surface area (Å²) in [5, 5.41) is 8.82. The van der Waals surface area contributed by atoms with Crippen molar-refractivity contribution in [2.45, 2.75) is 0 Å². The highest BCUT2D eigenvalue weighted by atomic mass is 19.1. The largest absolute Gasteiger partial charge is 0.479 e. The fraction of sp³-hybridized carbons (Fsp3) is 0.0476. The molecule has 0 aliphatic rings. The van der Waals surface area contributed by atoms with E-state index in [1.807, 2.05) is 24.3 Å². The summed E-state index contributed by atoms with van der Waals surface area (Å²) in [6.45, 7) is -0.391. The molecule has 3 aromatic rings. The van der Waals surface area contributed by atoms with E-state index in [1.54, 1.807) is 30.3 Å². The Morgan fingerprint density at radius 1 is 0.923 bits per heavy atom. The van der Waals surface area contributed by atoms with Crippen molar-refractivity contribution in [2.75, 3.05) is 6.61 Å². The number of rotatable bonds is 5. The average molecular weight is 347 g/mol. The highest BCUT2D eigenvalue weighted by Crippen LogP contribution is 2.23. The third-order valence-corrected chi connectivity index (χ3v) is 3.62. The van der Waals surface area contributed by atoms with Crippen LogP contribution in [0, 0.1) is 17.1 Å². The van der Waals surface area contributed by atoms with Gasteiger partial charge in [0.05, 0.1) is 11.6 Å². The van der Waals surface area contributed by atoms with Crippen LogP contribution in [0.2, 0.25) is 0 Å². The molecular weight excluding hydrogens is 333 g/mol. The van der Waals surface area contributed by atoms with Gasteiger partial charge < -0.3 is 9.47 Å². The van der Waals surface area contributed by atoms with Gasteiger partial charge in [0.2, 0.25) is 0 Å². The van der Waals surface area contributed by atoms with Crippen LogP contribution in [0.1, 0.15) is 5.56 Å². The van der Waals surface area contributed by atoms with Crippen molar-refractivity contribution in [3.63, 3.8) is 0 Å². The van der Waals surface area contributed by atoms with Crippen molar-refractivity contribution in [1.82, 2.24) is 0 Å². The maximum absolute atomic E-state index is 13.4. The molecule has 0 radical (unpaired) electrons. The van der Waals surface area contributed by atoms with Crippen molar-refractivity contribution in [2.24, 2.45) is 0 Å². The first-order chi connectivity index (χ1) is 12.7. The summed E-state index contributed by atoms with van der Waals surface area (Å²) in [5.41, 5.74) is 2.47. The zero-order valence-corrected chi connectivity index (χ0v) is 13.7. The van der Waals surface area contributed by atoms with Crippen molar-refractivity contribution in [3.8, 4) is 28.7 Å². The summed E-state index contributed by atoms with van der Waals surface area (Å²) < 4.78 is 23.7. The molecule has 0 bridgehead atoms. The van der Waals surface area contributed by atoms with Gasteiger partial charge in [0.25, 0.3) is 0 Å². The van der Waals surface area contributed by atoms with Crippen LogP contribution in [0.3, 0.4) is 0 Å². The minimum atomic E-state index is -0.626. The minimum absolute atomic E-state index is 0.000568. The predicted octanol–water partition coefficient (Wildman–Crippen LogP) is 4.35. The minimum Gasteiger partial charge on any atom is -0.479 e. The molecule has 26 heavy (non-hydrogen) atoms. The van der Waals surface area contributed by atoms with E-state index in [-0.39, 0.29) is 5.75 Å². The Morgan fingerprint density at radius 3 is 2.15 bits per heavy atom. The normalized spacial score (nSPS) is 10.0. The number of esters is 1. The molecule has 0 aliphatic heterocycles. The van der Waals surface area contributed by atoms with Crippen LogP contribution in [0.5, 0.6) is 11.5 Å². The topological polar surface area (TPSA) is 59.3 Å². The smallest absolute Gasteiger partial charge is 0.349 e. The van der Waals surface area contributed by atoms with E-state index < -0.39 is 18.4 Å².